The Hall–Kier alpha value is -2.00. The molecule has 0 unspecified atom stereocenters. The van der Waals surface area contributed by atoms with Gasteiger partial charge < -0.3 is 14.6 Å². The average molecular weight is 258 g/mol. The zero-order valence-corrected chi connectivity index (χ0v) is 11.0. The van der Waals surface area contributed by atoms with Crippen molar-refractivity contribution in [3.05, 3.63) is 59.7 Å². The summed E-state index contributed by atoms with van der Waals surface area (Å²) in [4.78, 5) is 0. The van der Waals surface area contributed by atoms with E-state index in [1.165, 1.54) is 0 Å². The van der Waals surface area contributed by atoms with Crippen molar-refractivity contribution in [2.45, 2.75) is 20.1 Å². The molecule has 2 rings (SSSR count). The van der Waals surface area contributed by atoms with Crippen LogP contribution in [0.25, 0.3) is 0 Å². The van der Waals surface area contributed by atoms with Crippen LogP contribution in [0.1, 0.15) is 18.1 Å². The van der Waals surface area contributed by atoms with Crippen molar-refractivity contribution in [2.24, 2.45) is 0 Å². The summed E-state index contributed by atoms with van der Waals surface area (Å²) in [5.74, 6) is 1.37. The zero-order valence-electron chi connectivity index (χ0n) is 11.0. The fourth-order valence-electron chi connectivity index (χ4n) is 1.77. The van der Waals surface area contributed by atoms with E-state index in [2.05, 4.69) is 0 Å². The Morgan fingerprint density at radius 2 is 1.68 bits per heavy atom. The highest BCUT2D eigenvalue weighted by atomic mass is 16.5. The van der Waals surface area contributed by atoms with Crippen molar-refractivity contribution >= 4 is 0 Å². The molecule has 0 heterocycles. The lowest BCUT2D eigenvalue weighted by atomic mass is 10.2. The highest BCUT2D eigenvalue weighted by Crippen LogP contribution is 2.29. The summed E-state index contributed by atoms with van der Waals surface area (Å²) in [5, 5.41) is 9.17. The fraction of sp³-hybridized carbons (Fsp3) is 0.250. The van der Waals surface area contributed by atoms with Crippen LogP contribution in [-0.2, 0) is 13.2 Å². The van der Waals surface area contributed by atoms with E-state index in [1.807, 2.05) is 55.5 Å². The molecular weight excluding hydrogens is 240 g/mol. The zero-order chi connectivity index (χ0) is 13.5. The summed E-state index contributed by atoms with van der Waals surface area (Å²) in [6, 6.07) is 15.4. The summed E-state index contributed by atoms with van der Waals surface area (Å²) in [5.41, 5.74) is 1.91. The number of aliphatic hydroxyl groups is 1. The van der Waals surface area contributed by atoms with Gasteiger partial charge in [-0.1, -0.05) is 36.4 Å². The Kier molecular flexibility index (Phi) is 4.81. The van der Waals surface area contributed by atoms with E-state index in [1.54, 1.807) is 0 Å². The van der Waals surface area contributed by atoms with Gasteiger partial charge in [-0.3, -0.25) is 0 Å². The molecule has 0 aliphatic heterocycles. The molecule has 0 spiro atoms. The first-order chi connectivity index (χ1) is 9.33. The van der Waals surface area contributed by atoms with Crippen LogP contribution in [0.4, 0.5) is 0 Å². The molecule has 0 aromatic heterocycles. The van der Waals surface area contributed by atoms with Crippen molar-refractivity contribution in [3.8, 4) is 11.5 Å². The van der Waals surface area contributed by atoms with Gasteiger partial charge in [0.15, 0.2) is 11.5 Å². The largest absolute Gasteiger partial charge is 0.490 e. The second-order valence-corrected chi connectivity index (χ2v) is 4.15. The molecule has 19 heavy (non-hydrogen) atoms. The van der Waals surface area contributed by atoms with Gasteiger partial charge in [0.1, 0.15) is 6.61 Å². The molecule has 0 bridgehead atoms. The van der Waals surface area contributed by atoms with Crippen LogP contribution < -0.4 is 9.47 Å². The smallest absolute Gasteiger partial charge is 0.162 e. The number of hydrogen-bond donors (Lipinski definition) is 1. The summed E-state index contributed by atoms with van der Waals surface area (Å²) in [6.07, 6.45) is 0. The van der Waals surface area contributed by atoms with Crippen LogP contribution in [0.15, 0.2) is 48.5 Å². The second kappa shape index (κ2) is 6.81. The number of aliphatic hydroxyl groups excluding tert-OH is 1. The van der Waals surface area contributed by atoms with Gasteiger partial charge in [0.2, 0.25) is 0 Å². The minimum absolute atomic E-state index is 0.00585. The molecule has 3 nitrogen and oxygen atoms in total. The van der Waals surface area contributed by atoms with Gasteiger partial charge >= 0.3 is 0 Å². The lowest BCUT2D eigenvalue weighted by Gasteiger charge is -2.13. The fourth-order valence-corrected chi connectivity index (χ4v) is 1.77. The molecule has 3 heteroatoms. The molecule has 2 aromatic carbocycles. The summed E-state index contributed by atoms with van der Waals surface area (Å²) in [6.45, 7) is 2.99. The van der Waals surface area contributed by atoms with E-state index >= 15 is 0 Å². The van der Waals surface area contributed by atoms with Gasteiger partial charge in [-0.05, 0) is 30.2 Å². The first-order valence-corrected chi connectivity index (χ1v) is 6.36. The highest BCUT2D eigenvalue weighted by molar-refractivity contribution is 5.43. The molecule has 0 radical (unpaired) electrons. The van der Waals surface area contributed by atoms with Crippen LogP contribution in [0.3, 0.4) is 0 Å². The van der Waals surface area contributed by atoms with E-state index in [4.69, 9.17) is 9.47 Å². The normalized spacial score (nSPS) is 10.2. The van der Waals surface area contributed by atoms with Crippen LogP contribution in [0.5, 0.6) is 11.5 Å². The Morgan fingerprint density at radius 1 is 0.895 bits per heavy atom. The molecule has 0 aliphatic rings. The van der Waals surface area contributed by atoms with Crippen molar-refractivity contribution < 1.29 is 14.6 Å². The van der Waals surface area contributed by atoms with E-state index in [9.17, 15) is 5.11 Å². The SMILES string of the molecule is CCOc1ccc(CO)cc1OCc1ccccc1. The van der Waals surface area contributed by atoms with E-state index in [0.29, 0.717) is 24.7 Å². The quantitative estimate of drug-likeness (QED) is 0.865. The minimum atomic E-state index is -0.00585. The molecular formula is C16H18O3. The summed E-state index contributed by atoms with van der Waals surface area (Å²) in [7, 11) is 0. The van der Waals surface area contributed by atoms with Crippen LogP contribution in [-0.4, -0.2) is 11.7 Å². The summed E-state index contributed by atoms with van der Waals surface area (Å²) < 4.78 is 11.3. The predicted molar refractivity (Wildman–Crippen MR) is 74.3 cm³/mol. The number of benzene rings is 2. The maximum absolute atomic E-state index is 9.17. The highest BCUT2D eigenvalue weighted by Gasteiger charge is 2.06. The first-order valence-electron chi connectivity index (χ1n) is 6.36. The van der Waals surface area contributed by atoms with Gasteiger partial charge in [-0.25, -0.2) is 0 Å². The first kappa shape index (κ1) is 13.4. The lowest BCUT2D eigenvalue weighted by Crippen LogP contribution is -2.00. The number of rotatable bonds is 6. The molecule has 0 amide bonds. The molecule has 2 aromatic rings. The second-order valence-electron chi connectivity index (χ2n) is 4.15. The molecule has 0 saturated heterocycles. The van der Waals surface area contributed by atoms with Gasteiger partial charge in [0.25, 0.3) is 0 Å². The van der Waals surface area contributed by atoms with E-state index in [0.717, 1.165) is 11.1 Å². The Balaban J connectivity index is 2.12. The van der Waals surface area contributed by atoms with Crippen molar-refractivity contribution in [2.75, 3.05) is 6.61 Å². The summed E-state index contributed by atoms with van der Waals surface area (Å²) >= 11 is 0. The van der Waals surface area contributed by atoms with Crippen molar-refractivity contribution in [3.63, 3.8) is 0 Å². The third-order valence-electron chi connectivity index (χ3n) is 2.73. The third-order valence-corrected chi connectivity index (χ3v) is 2.73. The molecule has 0 saturated carbocycles. The molecule has 1 N–H and O–H groups in total. The standard InChI is InChI=1S/C16H18O3/c1-2-18-15-9-8-14(11-17)10-16(15)19-12-13-6-4-3-5-7-13/h3-10,17H,2,11-12H2,1H3. The lowest BCUT2D eigenvalue weighted by molar-refractivity contribution is 0.263. The predicted octanol–water partition coefficient (Wildman–Crippen LogP) is 3.16. The van der Waals surface area contributed by atoms with Crippen LogP contribution >= 0.6 is 0 Å². The average Bonchev–Trinajstić information content (AvgIpc) is 2.47. The Bertz CT molecular complexity index is 509. The van der Waals surface area contributed by atoms with Gasteiger partial charge in [0, 0.05) is 0 Å². The number of hydrogen-bond acceptors (Lipinski definition) is 3. The Labute approximate surface area is 113 Å². The third kappa shape index (κ3) is 3.73. The van der Waals surface area contributed by atoms with Gasteiger partial charge in [0.05, 0.1) is 13.2 Å². The maximum Gasteiger partial charge on any atom is 0.162 e. The van der Waals surface area contributed by atoms with Crippen LogP contribution in [0, 0.1) is 0 Å². The van der Waals surface area contributed by atoms with Gasteiger partial charge in [-0.15, -0.1) is 0 Å². The van der Waals surface area contributed by atoms with Gasteiger partial charge in [-0.2, -0.15) is 0 Å². The minimum Gasteiger partial charge on any atom is -0.490 e. The molecule has 100 valence electrons. The molecule has 0 fully saturated rings. The van der Waals surface area contributed by atoms with Crippen molar-refractivity contribution in [1.29, 1.82) is 0 Å². The van der Waals surface area contributed by atoms with E-state index < -0.39 is 0 Å². The molecule has 0 atom stereocenters. The maximum atomic E-state index is 9.17. The van der Waals surface area contributed by atoms with E-state index in [-0.39, 0.29) is 6.61 Å². The number of ether oxygens (including phenoxy) is 2. The van der Waals surface area contributed by atoms with Crippen molar-refractivity contribution in [1.82, 2.24) is 0 Å². The molecule has 0 aliphatic carbocycles. The Morgan fingerprint density at radius 3 is 2.37 bits per heavy atom. The van der Waals surface area contributed by atoms with Crippen LogP contribution in [0.2, 0.25) is 0 Å². The topological polar surface area (TPSA) is 38.7 Å². The monoisotopic (exact) mass is 258 g/mol.